The van der Waals surface area contributed by atoms with Crippen molar-refractivity contribution in [3.8, 4) is 0 Å². The van der Waals surface area contributed by atoms with E-state index in [4.69, 9.17) is 16.6 Å². The Morgan fingerprint density at radius 2 is 2.06 bits per heavy atom. The maximum atomic E-state index is 12.5. The van der Waals surface area contributed by atoms with Crippen molar-refractivity contribution in [1.82, 2.24) is 9.38 Å². The first-order valence-electron chi connectivity index (χ1n) is 9.75. The monoisotopic (exact) mass is 474 g/mol. The van der Waals surface area contributed by atoms with Gasteiger partial charge in [0, 0.05) is 28.2 Å². The summed E-state index contributed by atoms with van der Waals surface area (Å²) in [5, 5.41) is 1.26. The van der Waals surface area contributed by atoms with Crippen LogP contribution >= 0.6 is 23.4 Å². The SMILES string of the molecule is Cc1ccc(N(Cc2cc(=O)n3ccccc3n2)C2=NC3CS(=O)(=O)CC3S2)cc1Cl. The van der Waals surface area contributed by atoms with E-state index in [0.717, 1.165) is 16.4 Å². The smallest absolute Gasteiger partial charge is 0.258 e. The van der Waals surface area contributed by atoms with Crippen molar-refractivity contribution in [3.05, 3.63) is 75.3 Å². The summed E-state index contributed by atoms with van der Waals surface area (Å²) in [7, 11) is -3.04. The van der Waals surface area contributed by atoms with Gasteiger partial charge in [0.1, 0.15) is 5.65 Å². The average molecular weight is 475 g/mol. The minimum absolute atomic E-state index is 0.0756. The van der Waals surface area contributed by atoms with Gasteiger partial charge >= 0.3 is 0 Å². The van der Waals surface area contributed by atoms with Gasteiger partial charge in [-0.25, -0.2) is 13.4 Å². The first-order chi connectivity index (χ1) is 14.8. The summed E-state index contributed by atoms with van der Waals surface area (Å²) < 4.78 is 25.4. The maximum Gasteiger partial charge on any atom is 0.258 e. The maximum absolute atomic E-state index is 12.5. The Labute approximate surface area is 188 Å². The summed E-state index contributed by atoms with van der Waals surface area (Å²) in [4.78, 5) is 23.9. The molecule has 2 unspecified atom stereocenters. The Kier molecular flexibility index (Phi) is 5.07. The number of amidine groups is 1. The second-order valence-electron chi connectivity index (χ2n) is 7.75. The molecule has 1 saturated heterocycles. The van der Waals surface area contributed by atoms with Crippen LogP contribution in [0.1, 0.15) is 11.3 Å². The molecule has 4 heterocycles. The van der Waals surface area contributed by atoms with Gasteiger partial charge in [-0.3, -0.25) is 14.2 Å². The summed E-state index contributed by atoms with van der Waals surface area (Å²) in [5.74, 6) is 0.208. The van der Waals surface area contributed by atoms with E-state index in [1.54, 1.807) is 18.3 Å². The van der Waals surface area contributed by atoms with Gasteiger partial charge in [-0.15, -0.1) is 0 Å². The number of thioether (sulfide) groups is 1. The molecule has 31 heavy (non-hydrogen) atoms. The number of benzene rings is 1. The molecule has 0 aliphatic carbocycles. The minimum atomic E-state index is -3.04. The quantitative estimate of drug-likeness (QED) is 0.580. The molecule has 5 rings (SSSR count). The van der Waals surface area contributed by atoms with E-state index in [-0.39, 0.29) is 28.4 Å². The van der Waals surface area contributed by atoms with E-state index < -0.39 is 9.84 Å². The Bertz CT molecular complexity index is 1390. The molecule has 160 valence electrons. The van der Waals surface area contributed by atoms with Gasteiger partial charge in [0.05, 0.1) is 29.8 Å². The van der Waals surface area contributed by atoms with E-state index in [1.807, 2.05) is 36.1 Å². The topological polar surface area (TPSA) is 84.1 Å². The molecule has 0 amide bonds. The van der Waals surface area contributed by atoms with E-state index >= 15 is 0 Å². The number of aryl methyl sites for hydroxylation is 1. The van der Waals surface area contributed by atoms with Crippen LogP contribution < -0.4 is 10.5 Å². The molecular weight excluding hydrogens is 456 g/mol. The normalized spacial score (nSPS) is 21.8. The van der Waals surface area contributed by atoms with E-state index in [2.05, 4.69) is 4.98 Å². The molecule has 2 atom stereocenters. The van der Waals surface area contributed by atoms with Crippen molar-refractivity contribution in [1.29, 1.82) is 0 Å². The second-order valence-corrected chi connectivity index (χ2v) is 11.5. The van der Waals surface area contributed by atoms with Crippen LogP contribution in [-0.4, -0.2) is 45.8 Å². The molecule has 0 N–H and O–H groups in total. The molecule has 3 aromatic rings. The molecular formula is C21H19ClN4O3S2. The molecule has 0 bridgehead atoms. The predicted molar refractivity (Wildman–Crippen MR) is 125 cm³/mol. The third-order valence-electron chi connectivity index (χ3n) is 5.45. The third-order valence-corrected chi connectivity index (χ3v) is 9.10. The van der Waals surface area contributed by atoms with Crippen LogP contribution in [0.25, 0.3) is 5.65 Å². The van der Waals surface area contributed by atoms with Crippen LogP contribution in [-0.2, 0) is 16.4 Å². The highest BCUT2D eigenvalue weighted by molar-refractivity contribution is 8.15. The zero-order valence-electron chi connectivity index (χ0n) is 16.6. The summed E-state index contributed by atoms with van der Waals surface area (Å²) in [6, 6.07) is 12.4. The van der Waals surface area contributed by atoms with E-state index in [1.165, 1.54) is 22.2 Å². The van der Waals surface area contributed by atoms with Gasteiger partial charge in [-0.1, -0.05) is 35.5 Å². The first kappa shape index (κ1) is 20.5. The molecule has 0 radical (unpaired) electrons. The summed E-state index contributed by atoms with van der Waals surface area (Å²) in [6.07, 6.45) is 1.69. The van der Waals surface area contributed by atoms with Crippen LogP contribution in [0.4, 0.5) is 5.69 Å². The number of fused-ring (bicyclic) bond motifs is 2. The van der Waals surface area contributed by atoms with Crippen molar-refractivity contribution < 1.29 is 8.42 Å². The van der Waals surface area contributed by atoms with Crippen molar-refractivity contribution in [2.75, 3.05) is 16.4 Å². The van der Waals surface area contributed by atoms with Crippen LogP contribution in [0.3, 0.4) is 0 Å². The average Bonchev–Trinajstić information content (AvgIpc) is 3.22. The Morgan fingerprint density at radius 1 is 1.23 bits per heavy atom. The largest absolute Gasteiger partial charge is 0.315 e. The highest BCUT2D eigenvalue weighted by Crippen LogP contribution is 2.38. The number of nitrogens with zero attached hydrogens (tertiary/aromatic N) is 4. The summed E-state index contributed by atoms with van der Waals surface area (Å²) >= 11 is 7.85. The number of hydrogen-bond acceptors (Lipinski definition) is 7. The number of hydrogen-bond donors (Lipinski definition) is 0. The van der Waals surface area contributed by atoms with Crippen molar-refractivity contribution in [2.45, 2.75) is 24.8 Å². The van der Waals surface area contributed by atoms with Gasteiger partial charge in [0.15, 0.2) is 15.0 Å². The number of sulfone groups is 1. The Balaban J connectivity index is 1.55. The highest BCUT2D eigenvalue weighted by Gasteiger charge is 2.44. The number of aliphatic imine (C=N–C) groups is 1. The molecule has 10 heteroatoms. The van der Waals surface area contributed by atoms with Crippen molar-refractivity contribution >= 4 is 49.7 Å². The van der Waals surface area contributed by atoms with Crippen LogP contribution in [0.5, 0.6) is 0 Å². The first-order valence-corrected chi connectivity index (χ1v) is 12.8. The lowest BCUT2D eigenvalue weighted by molar-refractivity contribution is 0.601. The lowest BCUT2D eigenvalue weighted by atomic mass is 10.2. The van der Waals surface area contributed by atoms with Gasteiger partial charge < -0.3 is 4.90 Å². The number of halogens is 1. The van der Waals surface area contributed by atoms with Gasteiger partial charge in [0.2, 0.25) is 0 Å². The molecule has 0 spiro atoms. The van der Waals surface area contributed by atoms with Gasteiger partial charge in [-0.05, 0) is 36.8 Å². The van der Waals surface area contributed by atoms with Crippen LogP contribution in [0, 0.1) is 6.92 Å². The number of aromatic nitrogens is 2. The van der Waals surface area contributed by atoms with Gasteiger partial charge in [-0.2, -0.15) is 0 Å². The Hall–Kier alpha value is -2.36. The van der Waals surface area contributed by atoms with Crippen molar-refractivity contribution in [3.63, 3.8) is 0 Å². The third kappa shape index (κ3) is 3.97. The minimum Gasteiger partial charge on any atom is -0.315 e. The number of anilines is 1. The van der Waals surface area contributed by atoms with E-state index in [0.29, 0.717) is 22.9 Å². The molecule has 0 saturated carbocycles. The standard InChI is InChI=1S/C21H19ClN4O3S2/c1-13-5-6-15(9-16(13)22)26(21-24-17-11-31(28,29)12-18(17)30-21)10-14-8-20(27)25-7-3-2-4-19(25)23-14/h2-9,17-18H,10-12H2,1H3. The lowest BCUT2D eigenvalue weighted by Gasteiger charge is -2.25. The van der Waals surface area contributed by atoms with E-state index in [9.17, 15) is 13.2 Å². The zero-order chi connectivity index (χ0) is 21.8. The number of rotatable bonds is 3. The molecule has 2 aromatic heterocycles. The molecule has 7 nitrogen and oxygen atoms in total. The molecule has 2 aliphatic heterocycles. The second kappa shape index (κ2) is 7.65. The van der Waals surface area contributed by atoms with Crippen LogP contribution in [0.2, 0.25) is 5.02 Å². The van der Waals surface area contributed by atoms with Crippen molar-refractivity contribution in [2.24, 2.45) is 4.99 Å². The molecule has 1 aromatic carbocycles. The predicted octanol–water partition coefficient (Wildman–Crippen LogP) is 2.93. The fraction of sp³-hybridized carbons (Fsp3) is 0.286. The molecule has 2 aliphatic rings. The fourth-order valence-corrected chi connectivity index (χ4v) is 7.79. The molecule has 1 fully saturated rings. The fourth-order valence-electron chi connectivity index (χ4n) is 3.84. The lowest BCUT2D eigenvalue weighted by Crippen LogP contribution is -2.29. The Morgan fingerprint density at radius 3 is 2.84 bits per heavy atom. The highest BCUT2D eigenvalue weighted by atomic mass is 35.5. The van der Waals surface area contributed by atoms with Gasteiger partial charge in [0.25, 0.3) is 5.56 Å². The van der Waals surface area contributed by atoms with Crippen LogP contribution in [0.15, 0.2) is 58.4 Å². The summed E-state index contributed by atoms with van der Waals surface area (Å²) in [5.41, 5.74) is 2.78. The number of pyridine rings is 1. The summed E-state index contributed by atoms with van der Waals surface area (Å²) in [6.45, 7) is 2.25. The zero-order valence-corrected chi connectivity index (χ0v) is 19.0.